The van der Waals surface area contributed by atoms with Crippen molar-refractivity contribution in [2.75, 3.05) is 39.6 Å². The Bertz CT molecular complexity index is 921. The highest BCUT2D eigenvalue weighted by molar-refractivity contribution is 5.77. The number of carbonyl (C=O) groups is 1. The molecular weight excluding hydrogens is 380 g/mol. The molecule has 0 radical (unpaired) electrons. The minimum atomic E-state index is 0.0652. The van der Waals surface area contributed by atoms with Crippen LogP contribution in [0.15, 0.2) is 36.4 Å². The molecule has 0 bridgehead atoms. The second-order valence-corrected chi connectivity index (χ2v) is 8.27. The maximum atomic E-state index is 12.6. The number of fused-ring (bicyclic) bond motifs is 2. The summed E-state index contributed by atoms with van der Waals surface area (Å²) in [4.78, 5) is 16.9. The Morgan fingerprint density at radius 1 is 0.900 bits per heavy atom. The maximum Gasteiger partial charge on any atom is 0.260 e. The molecule has 158 valence electrons. The zero-order valence-corrected chi connectivity index (χ0v) is 17.3. The smallest absolute Gasteiger partial charge is 0.260 e. The van der Waals surface area contributed by atoms with E-state index in [9.17, 15) is 4.79 Å². The number of rotatable bonds is 5. The van der Waals surface area contributed by atoms with E-state index in [1.54, 1.807) is 0 Å². The summed E-state index contributed by atoms with van der Waals surface area (Å²) in [5.74, 6) is 2.51. The van der Waals surface area contributed by atoms with Gasteiger partial charge in [-0.2, -0.15) is 0 Å². The van der Waals surface area contributed by atoms with Gasteiger partial charge >= 0.3 is 0 Å². The molecule has 1 fully saturated rings. The molecule has 1 saturated heterocycles. The standard InChI is InChI=1S/C24H28N2O4/c27-24(16-28-21-7-6-19-3-1-2-4-20(19)14-21)26-11-9-25(10-12-26)15-18-5-8-22-23(13-18)30-17-29-22/h5-8,13-14H,1-4,9-12,15-17H2. The number of amides is 1. The summed E-state index contributed by atoms with van der Waals surface area (Å²) in [6, 6.07) is 12.4. The zero-order valence-electron chi connectivity index (χ0n) is 17.3. The SMILES string of the molecule is O=C(COc1ccc2c(c1)CCCC2)N1CCN(Cc2ccc3c(c2)OCO3)CC1. The third-order valence-electron chi connectivity index (χ3n) is 6.25. The second-order valence-electron chi connectivity index (χ2n) is 8.27. The molecule has 3 aliphatic rings. The minimum Gasteiger partial charge on any atom is -0.484 e. The van der Waals surface area contributed by atoms with Crippen LogP contribution in [0.2, 0.25) is 0 Å². The Labute approximate surface area is 177 Å². The van der Waals surface area contributed by atoms with Crippen LogP contribution in [0.1, 0.15) is 29.5 Å². The fourth-order valence-electron chi connectivity index (χ4n) is 4.49. The van der Waals surface area contributed by atoms with Gasteiger partial charge in [-0.1, -0.05) is 12.1 Å². The van der Waals surface area contributed by atoms with Crippen LogP contribution < -0.4 is 14.2 Å². The lowest BCUT2D eigenvalue weighted by atomic mass is 9.92. The highest BCUT2D eigenvalue weighted by atomic mass is 16.7. The molecule has 0 saturated carbocycles. The van der Waals surface area contributed by atoms with Crippen LogP contribution in [-0.4, -0.2) is 55.3 Å². The van der Waals surface area contributed by atoms with Gasteiger partial charge in [0.05, 0.1) is 0 Å². The Morgan fingerprint density at radius 3 is 2.57 bits per heavy atom. The summed E-state index contributed by atoms with van der Waals surface area (Å²) >= 11 is 0. The number of hydrogen-bond donors (Lipinski definition) is 0. The Kier molecular flexibility index (Phi) is 5.49. The van der Waals surface area contributed by atoms with Gasteiger partial charge in [-0.25, -0.2) is 0 Å². The van der Waals surface area contributed by atoms with E-state index in [1.165, 1.54) is 29.5 Å². The van der Waals surface area contributed by atoms with E-state index in [2.05, 4.69) is 23.1 Å². The van der Waals surface area contributed by atoms with E-state index in [1.807, 2.05) is 23.1 Å². The molecule has 2 aliphatic heterocycles. The lowest BCUT2D eigenvalue weighted by molar-refractivity contribution is -0.135. The first-order chi connectivity index (χ1) is 14.7. The molecule has 0 aromatic heterocycles. The van der Waals surface area contributed by atoms with E-state index in [0.717, 1.165) is 62.8 Å². The highest BCUT2D eigenvalue weighted by Gasteiger charge is 2.22. The van der Waals surface area contributed by atoms with Crippen molar-refractivity contribution in [1.29, 1.82) is 0 Å². The lowest BCUT2D eigenvalue weighted by Crippen LogP contribution is -2.49. The van der Waals surface area contributed by atoms with Gasteiger partial charge in [0.25, 0.3) is 5.91 Å². The molecule has 2 aromatic rings. The molecule has 0 unspecified atom stereocenters. The highest BCUT2D eigenvalue weighted by Crippen LogP contribution is 2.33. The van der Waals surface area contributed by atoms with E-state index in [0.29, 0.717) is 6.79 Å². The number of benzene rings is 2. The van der Waals surface area contributed by atoms with E-state index in [4.69, 9.17) is 14.2 Å². The summed E-state index contributed by atoms with van der Waals surface area (Å²) in [7, 11) is 0. The molecule has 1 amide bonds. The molecule has 0 N–H and O–H groups in total. The summed E-state index contributed by atoms with van der Waals surface area (Å²) in [6.45, 7) is 4.45. The number of carbonyl (C=O) groups excluding carboxylic acids is 1. The first-order valence-electron chi connectivity index (χ1n) is 10.9. The van der Waals surface area contributed by atoms with Gasteiger partial charge in [0, 0.05) is 32.7 Å². The number of hydrogen-bond acceptors (Lipinski definition) is 5. The zero-order chi connectivity index (χ0) is 20.3. The van der Waals surface area contributed by atoms with Crippen molar-refractivity contribution in [2.45, 2.75) is 32.2 Å². The van der Waals surface area contributed by atoms with Crippen molar-refractivity contribution >= 4 is 5.91 Å². The molecule has 5 rings (SSSR count). The molecule has 30 heavy (non-hydrogen) atoms. The van der Waals surface area contributed by atoms with Crippen molar-refractivity contribution in [2.24, 2.45) is 0 Å². The van der Waals surface area contributed by atoms with Gasteiger partial charge in [0.1, 0.15) is 5.75 Å². The van der Waals surface area contributed by atoms with Gasteiger partial charge in [-0.15, -0.1) is 0 Å². The topological polar surface area (TPSA) is 51.2 Å². The Morgan fingerprint density at radius 2 is 1.70 bits per heavy atom. The van der Waals surface area contributed by atoms with Gasteiger partial charge in [-0.05, 0) is 66.6 Å². The molecule has 6 heteroatoms. The largest absolute Gasteiger partial charge is 0.484 e. The summed E-state index contributed by atoms with van der Waals surface area (Å²) in [5.41, 5.74) is 4.01. The number of nitrogens with zero attached hydrogens (tertiary/aromatic N) is 2. The first-order valence-corrected chi connectivity index (χ1v) is 10.9. The molecule has 0 atom stereocenters. The number of piperazine rings is 1. The maximum absolute atomic E-state index is 12.6. The first kappa shape index (κ1) is 19.2. The van der Waals surface area contributed by atoms with E-state index < -0.39 is 0 Å². The third-order valence-corrected chi connectivity index (χ3v) is 6.25. The Balaban J connectivity index is 1.09. The van der Waals surface area contributed by atoms with Crippen LogP contribution in [-0.2, 0) is 24.2 Å². The van der Waals surface area contributed by atoms with Gasteiger partial charge in [0.15, 0.2) is 18.1 Å². The Hall–Kier alpha value is -2.73. The van der Waals surface area contributed by atoms with Crippen molar-refractivity contribution in [3.8, 4) is 17.2 Å². The molecule has 6 nitrogen and oxygen atoms in total. The second kappa shape index (κ2) is 8.56. The van der Waals surface area contributed by atoms with Crippen LogP contribution in [0.4, 0.5) is 0 Å². The van der Waals surface area contributed by atoms with Gasteiger partial charge in [-0.3, -0.25) is 9.69 Å². The molecule has 1 aliphatic carbocycles. The fourth-order valence-corrected chi connectivity index (χ4v) is 4.49. The molecular formula is C24H28N2O4. The lowest BCUT2D eigenvalue weighted by Gasteiger charge is -2.34. The fraction of sp³-hybridized carbons (Fsp3) is 0.458. The monoisotopic (exact) mass is 408 g/mol. The average molecular weight is 408 g/mol. The quantitative estimate of drug-likeness (QED) is 0.761. The van der Waals surface area contributed by atoms with Gasteiger partial charge < -0.3 is 19.1 Å². The van der Waals surface area contributed by atoms with Gasteiger partial charge in [0.2, 0.25) is 6.79 Å². The van der Waals surface area contributed by atoms with Crippen LogP contribution in [0.3, 0.4) is 0 Å². The van der Waals surface area contributed by atoms with Crippen LogP contribution in [0.5, 0.6) is 17.2 Å². The van der Waals surface area contributed by atoms with Crippen LogP contribution in [0.25, 0.3) is 0 Å². The molecule has 0 spiro atoms. The summed E-state index contributed by atoms with van der Waals surface area (Å²) in [5, 5.41) is 0. The molecule has 2 heterocycles. The van der Waals surface area contributed by atoms with Crippen LogP contribution >= 0.6 is 0 Å². The predicted molar refractivity (Wildman–Crippen MR) is 113 cm³/mol. The number of aryl methyl sites for hydroxylation is 2. The summed E-state index contributed by atoms with van der Waals surface area (Å²) < 4.78 is 16.7. The average Bonchev–Trinajstić information content (AvgIpc) is 3.26. The van der Waals surface area contributed by atoms with Crippen LogP contribution in [0, 0.1) is 0 Å². The van der Waals surface area contributed by atoms with Crippen molar-refractivity contribution in [3.05, 3.63) is 53.1 Å². The van der Waals surface area contributed by atoms with Crippen molar-refractivity contribution in [3.63, 3.8) is 0 Å². The third kappa shape index (κ3) is 4.24. The van der Waals surface area contributed by atoms with E-state index in [-0.39, 0.29) is 12.5 Å². The van der Waals surface area contributed by atoms with Crippen molar-refractivity contribution in [1.82, 2.24) is 9.80 Å². The molecule has 2 aromatic carbocycles. The predicted octanol–water partition coefficient (Wildman–Crippen LogP) is 3.02. The summed E-state index contributed by atoms with van der Waals surface area (Å²) in [6.07, 6.45) is 4.79. The number of ether oxygens (including phenoxy) is 3. The minimum absolute atomic E-state index is 0.0652. The normalized spacial score (nSPS) is 18.2. The van der Waals surface area contributed by atoms with E-state index >= 15 is 0 Å². The van der Waals surface area contributed by atoms with Crippen molar-refractivity contribution < 1.29 is 19.0 Å².